The summed E-state index contributed by atoms with van der Waals surface area (Å²) in [4.78, 5) is 50.8. The molecule has 3 aromatic rings. The van der Waals surface area contributed by atoms with Crippen LogP contribution in [-0.2, 0) is 20.9 Å². The summed E-state index contributed by atoms with van der Waals surface area (Å²) in [5, 5.41) is 2.40. The standard InChI is InChI=1S/C26H17Cl2FN2O6/c1-36-25(34)15-5-7-19(8-6-15)31-24(33)20(23(32)30-26(31)35)11-16-10-17(27)12-21(28)22(16)37-13-14-3-2-4-18(29)9-14/h2-12H,13H2,1H3,(H,30,32,35)/b20-11+. The van der Waals surface area contributed by atoms with Crippen molar-refractivity contribution < 1.29 is 33.0 Å². The van der Waals surface area contributed by atoms with E-state index in [-0.39, 0.29) is 39.2 Å². The maximum Gasteiger partial charge on any atom is 0.337 e. The second-order valence-electron chi connectivity index (χ2n) is 7.72. The predicted octanol–water partition coefficient (Wildman–Crippen LogP) is 5.16. The molecule has 11 heteroatoms. The van der Waals surface area contributed by atoms with E-state index < -0.39 is 35.2 Å². The van der Waals surface area contributed by atoms with Crippen LogP contribution in [0.15, 0.2) is 66.2 Å². The Labute approximate surface area is 220 Å². The number of nitrogens with one attached hydrogen (secondary N) is 1. The van der Waals surface area contributed by atoms with Crippen LogP contribution < -0.4 is 15.0 Å². The molecule has 4 amide bonds. The Balaban J connectivity index is 1.69. The van der Waals surface area contributed by atoms with Crippen LogP contribution >= 0.6 is 23.2 Å². The fraction of sp³-hybridized carbons (Fsp3) is 0.0769. The van der Waals surface area contributed by atoms with E-state index in [2.05, 4.69) is 10.1 Å². The topological polar surface area (TPSA) is 102 Å². The SMILES string of the molecule is COC(=O)c1ccc(N2C(=O)NC(=O)/C(=C\c3cc(Cl)cc(Cl)c3OCc3cccc(F)c3)C2=O)cc1. The van der Waals surface area contributed by atoms with E-state index in [0.29, 0.717) is 5.56 Å². The van der Waals surface area contributed by atoms with Gasteiger partial charge < -0.3 is 9.47 Å². The van der Waals surface area contributed by atoms with E-state index in [1.807, 2.05) is 0 Å². The summed E-state index contributed by atoms with van der Waals surface area (Å²) in [6.07, 6.45) is 1.19. The molecule has 37 heavy (non-hydrogen) atoms. The molecule has 0 aromatic heterocycles. The van der Waals surface area contributed by atoms with Gasteiger partial charge in [0.1, 0.15) is 23.7 Å². The van der Waals surface area contributed by atoms with Gasteiger partial charge in [0.05, 0.1) is 23.4 Å². The quantitative estimate of drug-likeness (QED) is 0.262. The van der Waals surface area contributed by atoms with Gasteiger partial charge in [-0.25, -0.2) is 18.9 Å². The summed E-state index contributed by atoms with van der Waals surface area (Å²) in [5.41, 5.74) is 0.619. The molecule has 0 radical (unpaired) electrons. The summed E-state index contributed by atoms with van der Waals surface area (Å²) < 4.78 is 24.0. The van der Waals surface area contributed by atoms with Crippen molar-refractivity contribution in [1.82, 2.24) is 5.32 Å². The Hall–Kier alpha value is -4.21. The number of rotatable bonds is 6. The van der Waals surface area contributed by atoms with Crippen LogP contribution in [0.4, 0.5) is 14.9 Å². The van der Waals surface area contributed by atoms with E-state index in [9.17, 15) is 23.6 Å². The summed E-state index contributed by atoms with van der Waals surface area (Å²) in [6.45, 7) is -0.0629. The Bertz CT molecular complexity index is 1460. The van der Waals surface area contributed by atoms with Gasteiger partial charge in [-0.15, -0.1) is 0 Å². The summed E-state index contributed by atoms with van der Waals surface area (Å²) in [7, 11) is 1.22. The number of esters is 1. The van der Waals surface area contributed by atoms with Crippen LogP contribution in [-0.4, -0.2) is 30.9 Å². The maximum atomic E-state index is 13.5. The third kappa shape index (κ3) is 5.63. The number of methoxy groups -OCH3 is 1. The molecule has 8 nitrogen and oxygen atoms in total. The lowest BCUT2D eigenvalue weighted by atomic mass is 10.1. The first-order valence-corrected chi connectivity index (χ1v) is 11.4. The van der Waals surface area contributed by atoms with Crippen molar-refractivity contribution in [2.75, 3.05) is 12.0 Å². The number of benzene rings is 3. The fourth-order valence-electron chi connectivity index (χ4n) is 3.53. The van der Waals surface area contributed by atoms with Gasteiger partial charge >= 0.3 is 12.0 Å². The highest BCUT2D eigenvalue weighted by Gasteiger charge is 2.37. The van der Waals surface area contributed by atoms with Crippen molar-refractivity contribution in [3.8, 4) is 5.75 Å². The summed E-state index contributed by atoms with van der Waals surface area (Å²) >= 11 is 12.5. The zero-order valence-corrected chi connectivity index (χ0v) is 20.6. The van der Waals surface area contributed by atoms with Gasteiger partial charge in [-0.1, -0.05) is 35.3 Å². The molecule has 1 heterocycles. The highest BCUT2D eigenvalue weighted by Crippen LogP contribution is 2.35. The number of hydrogen-bond acceptors (Lipinski definition) is 6. The molecule has 3 aromatic carbocycles. The minimum atomic E-state index is -0.968. The fourth-order valence-corrected chi connectivity index (χ4v) is 4.10. The number of urea groups is 1. The Morgan fingerprint density at radius 1 is 1.05 bits per heavy atom. The molecular weight excluding hydrogens is 526 g/mol. The predicted molar refractivity (Wildman–Crippen MR) is 134 cm³/mol. The van der Waals surface area contributed by atoms with Gasteiger partial charge in [0.2, 0.25) is 0 Å². The van der Waals surface area contributed by atoms with Crippen molar-refractivity contribution >= 4 is 58.8 Å². The number of nitrogens with zero attached hydrogens (tertiary/aromatic N) is 1. The molecule has 0 unspecified atom stereocenters. The zero-order valence-electron chi connectivity index (χ0n) is 19.1. The van der Waals surface area contributed by atoms with E-state index in [1.54, 1.807) is 6.07 Å². The number of carbonyl (C=O) groups is 4. The molecule has 4 rings (SSSR count). The lowest BCUT2D eigenvalue weighted by Crippen LogP contribution is -2.54. The highest BCUT2D eigenvalue weighted by molar-refractivity contribution is 6.40. The van der Waals surface area contributed by atoms with Gasteiger partial charge in [-0.3, -0.25) is 14.9 Å². The number of amides is 4. The molecule has 1 aliphatic rings. The lowest BCUT2D eigenvalue weighted by molar-refractivity contribution is -0.122. The third-order valence-electron chi connectivity index (χ3n) is 5.26. The van der Waals surface area contributed by atoms with Crippen molar-refractivity contribution in [1.29, 1.82) is 0 Å². The molecule has 1 saturated heterocycles. The molecular formula is C26H17Cl2FN2O6. The van der Waals surface area contributed by atoms with Crippen molar-refractivity contribution in [3.05, 3.63) is 98.8 Å². The largest absolute Gasteiger partial charge is 0.487 e. The van der Waals surface area contributed by atoms with E-state index in [0.717, 1.165) is 4.90 Å². The second kappa shape index (κ2) is 10.8. The second-order valence-corrected chi connectivity index (χ2v) is 8.56. The first kappa shape index (κ1) is 25.9. The number of anilines is 1. The molecule has 0 saturated carbocycles. The van der Waals surface area contributed by atoms with E-state index in [4.69, 9.17) is 27.9 Å². The number of ether oxygens (including phenoxy) is 2. The number of imide groups is 2. The molecule has 1 fully saturated rings. The molecule has 0 aliphatic carbocycles. The number of barbiturate groups is 1. The third-order valence-corrected chi connectivity index (χ3v) is 5.76. The van der Waals surface area contributed by atoms with Crippen molar-refractivity contribution in [2.45, 2.75) is 6.61 Å². The number of halogens is 3. The van der Waals surface area contributed by atoms with Crippen LogP contribution in [0.25, 0.3) is 6.08 Å². The molecule has 0 atom stereocenters. The van der Waals surface area contributed by atoms with Crippen molar-refractivity contribution in [3.63, 3.8) is 0 Å². The monoisotopic (exact) mass is 542 g/mol. The number of hydrogen-bond donors (Lipinski definition) is 1. The van der Waals surface area contributed by atoms with Crippen LogP contribution in [0.1, 0.15) is 21.5 Å². The molecule has 188 valence electrons. The Morgan fingerprint density at radius 2 is 1.78 bits per heavy atom. The normalized spacial score (nSPS) is 14.5. The van der Waals surface area contributed by atoms with Crippen LogP contribution in [0.5, 0.6) is 5.75 Å². The first-order chi connectivity index (χ1) is 17.7. The molecule has 1 aliphatic heterocycles. The van der Waals surface area contributed by atoms with Crippen LogP contribution in [0.3, 0.4) is 0 Å². The smallest absolute Gasteiger partial charge is 0.337 e. The number of carbonyl (C=O) groups excluding carboxylic acids is 4. The Kier molecular flexibility index (Phi) is 7.56. The average Bonchev–Trinajstić information content (AvgIpc) is 2.85. The Morgan fingerprint density at radius 3 is 2.46 bits per heavy atom. The van der Waals surface area contributed by atoms with Gasteiger partial charge in [-0.2, -0.15) is 0 Å². The summed E-state index contributed by atoms with van der Waals surface area (Å²) in [5.74, 6) is -2.81. The van der Waals surface area contributed by atoms with Gasteiger partial charge in [0.25, 0.3) is 11.8 Å². The zero-order chi connectivity index (χ0) is 26.7. The highest BCUT2D eigenvalue weighted by atomic mass is 35.5. The summed E-state index contributed by atoms with van der Waals surface area (Å²) in [6, 6.07) is 13.1. The minimum Gasteiger partial charge on any atom is -0.487 e. The maximum absolute atomic E-state index is 13.5. The first-order valence-electron chi connectivity index (χ1n) is 10.6. The lowest BCUT2D eigenvalue weighted by Gasteiger charge is -2.26. The van der Waals surface area contributed by atoms with Gasteiger partial charge in [0, 0.05) is 10.6 Å². The molecule has 0 bridgehead atoms. The minimum absolute atomic E-state index is 0.0629. The van der Waals surface area contributed by atoms with Crippen LogP contribution in [0, 0.1) is 5.82 Å². The molecule has 1 N–H and O–H groups in total. The van der Waals surface area contributed by atoms with Gasteiger partial charge in [0.15, 0.2) is 0 Å². The van der Waals surface area contributed by atoms with Crippen LogP contribution in [0.2, 0.25) is 10.0 Å². The molecule has 0 spiro atoms. The van der Waals surface area contributed by atoms with Gasteiger partial charge in [-0.05, 0) is 60.2 Å². The average molecular weight is 543 g/mol. The van der Waals surface area contributed by atoms with Crippen molar-refractivity contribution in [2.24, 2.45) is 0 Å². The van der Waals surface area contributed by atoms with E-state index in [1.165, 1.54) is 67.8 Å². The van der Waals surface area contributed by atoms with E-state index >= 15 is 0 Å².